The lowest BCUT2D eigenvalue weighted by Gasteiger charge is -2.10. The van der Waals surface area contributed by atoms with Crippen LogP contribution in [0.2, 0.25) is 5.02 Å². The Morgan fingerprint density at radius 1 is 1.15 bits per heavy atom. The highest BCUT2D eigenvalue weighted by molar-refractivity contribution is 9.10. The van der Waals surface area contributed by atoms with Crippen LogP contribution in [-0.4, -0.2) is 14.7 Å². The first kappa shape index (κ1) is 15.0. The van der Waals surface area contributed by atoms with E-state index in [4.69, 9.17) is 11.6 Å². The van der Waals surface area contributed by atoms with Gasteiger partial charge in [-0.25, -0.2) is 8.42 Å². The maximum atomic E-state index is 12.2. The molecule has 104 valence electrons. The summed E-state index contributed by atoms with van der Waals surface area (Å²) in [6, 6.07) is 10.6. The molecule has 2 aromatic rings. The maximum absolute atomic E-state index is 12.2. The predicted octanol–water partition coefficient (Wildman–Crippen LogP) is 3.72. The minimum absolute atomic E-state index is 0.0288. The van der Waals surface area contributed by atoms with Crippen molar-refractivity contribution in [2.45, 2.75) is 4.90 Å². The molecule has 0 saturated carbocycles. The zero-order chi connectivity index (χ0) is 14.8. The van der Waals surface area contributed by atoms with E-state index in [1.165, 1.54) is 18.2 Å². The second-order valence-electron chi connectivity index (χ2n) is 3.92. The molecule has 0 spiro atoms. The smallest absolute Gasteiger partial charge is 0.263 e. The quantitative estimate of drug-likeness (QED) is 0.830. The van der Waals surface area contributed by atoms with Crippen LogP contribution in [0.1, 0.15) is 10.4 Å². The zero-order valence-corrected chi connectivity index (χ0v) is 13.2. The van der Waals surface area contributed by atoms with Gasteiger partial charge in [0.2, 0.25) is 0 Å². The van der Waals surface area contributed by atoms with E-state index < -0.39 is 10.0 Å². The summed E-state index contributed by atoms with van der Waals surface area (Å²) >= 11 is 9.14. The van der Waals surface area contributed by atoms with Gasteiger partial charge in [-0.2, -0.15) is 0 Å². The summed E-state index contributed by atoms with van der Waals surface area (Å²) in [7, 11) is -3.80. The Kier molecular flexibility index (Phi) is 4.47. The Balaban J connectivity index is 2.37. The minimum atomic E-state index is -3.80. The summed E-state index contributed by atoms with van der Waals surface area (Å²) in [6.45, 7) is 0. The van der Waals surface area contributed by atoms with E-state index >= 15 is 0 Å². The number of halogens is 2. The predicted molar refractivity (Wildman–Crippen MR) is 81.8 cm³/mol. The molecule has 0 bridgehead atoms. The Bertz CT molecular complexity index is 762. The Hall–Kier alpha value is -1.37. The standard InChI is InChI=1S/C13H9BrClNO3S/c14-10-4-5-13(12(15)7-10)20(18,19)16-11-3-1-2-9(6-11)8-17/h1-8,16H. The van der Waals surface area contributed by atoms with Gasteiger partial charge in [-0.05, 0) is 30.3 Å². The number of aldehydes is 1. The fourth-order valence-electron chi connectivity index (χ4n) is 1.58. The van der Waals surface area contributed by atoms with Gasteiger partial charge in [0, 0.05) is 15.7 Å². The van der Waals surface area contributed by atoms with Crippen molar-refractivity contribution >= 4 is 49.5 Å². The van der Waals surface area contributed by atoms with E-state index in [2.05, 4.69) is 20.7 Å². The number of nitrogens with one attached hydrogen (secondary N) is 1. The number of carbonyl (C=O) groups excluding carboxylic acids is 1. The third-order valence-electron chi connectivity index (χ3n) is 2.46. The second kappa shape index (κ2) is 5.95. The summed E-state index contributed by atoms with van der Waals surface area (Å²) < 4.78 is 27.5. The highest BCUT2D eigenvalue weighted by Gasteiger charge is 2.18. The van der Waals surface area contributed by atoms with Crippen LogP contribution in [-0.2, 0) is 10.0 Å². The van der Waals surface area contributed by atoms with Gasteiger partial charge in [0.15, 0.2) is 0 Å². The highest BCUT2D eigenvalue weighted by Crippen LogP contribution is 2.27. The van der Waals surface area contributed by atoms with Crippen molar-refractivity contribution in [2.24, 2.45) is 0 Å². The number of anilines is 1. The van der Waals surface area contributed by atoms with E-state index in [1.54, 1.807) is 24.3 Å². The molecule has 0 aliphatic rings. The largest absolute Gasteiger partial charge is 0.298 e. The molecule has 0 radical (unpaired) electrons. The van der Waals surface area contributed by atoms with Crippen molar-refractivity contribution < 1.29 is 13.2 Å². The summed E-state index contributed by atoms with van der Waals surface area (Å²) in [5.41, 5.74) is 0.681. The molecule has 0 heterocycles. The first-order valence-electron chi connectivity index (χ1n) is 5.45. The normalized spacial score (nSPS) is 11.1. The van der Waals surface area contributed by atoms with E-state index in [1.807, 2.05) is 0 Å². The van der Waals surface area contributed by atoms with Crippen LogP contribution in [0.15, 0.2) is 51.8 Å². The van der Waals surface area contributed by atoms with Gasteiger partial charge in [-0.1, -0.05) is 39.7 Å². The first-order chi connectivity index (χ1) is 9.42. The molecule has 4 nitrogen and oxygen atoms in total. The molecule has 7 heteroatoms. The van der Waals surface area contributed by atoms with E-state index in [0.29, 0.717) is 22.0 Å². The van der Waals surface area contributed by atoms with E-state index in [9.17, 15) is 13.2 Å². The molecular weight excluding hydrogens is 366 g/mol. The van der Waals surface area contributed by atoms with E-state index in [0.717, 1.165) is 0 Å². The van der Waals surface area contributed by atoms with Gasteiger partial charge in [-0.3, -0.25) is 9.52 Å². The van der Waals surface area contributed by atoms with Crippen LogP contribution < -0.4 is 4.72 Å². The van der Waals surface area contributed by atoms with Gasteiger partial charge in [-0.15, -0.1) is 0 Å². The topological polar surface area (TPSA) is 63.2 Å². The van der Waals surface area contributed by atoms with Gasteiger partial charge >= 0.3 is 0 Å². The van der Waals surface area contributed by atoms with Crippen LogP contribution in [0.25, 0.3) is 0 Å². The maximum Gasteiger partial charge on any atom is 0.263 e. The SMILES string of the molecule is O=Cc1cccc(NS(=O)(=O)c2ccc(Br)cc2Cl)c1. The molecule has 0 aliphatic heterocycles. The Morgan fingerprint density at radius 2 is 1.90 bits per heavy atom. The Morgan fingerprint density at radius 3 is 2.55 bits per heavy atom. The van der Waals surface area contributed by atoms with Gasteiger partial charge in [0.05, 0.1) is 5.02 Å². The lowest BCUT2D eigenvalue weighted by atomic mass is 10.2. The molecule has 0 saturated heterocycles. The molecule has 0 unspecified atom stereocenters. The van der Waals surface area contributed by atoms with Crippen molar-refractivity contribution in [3.8, 4) is 0 Å². The fourth-order valence-corrected chi connectivity index (χ4v) is 3.67. The monoisotopic (exact) mass is 373 g/mol. The van der Waals surface area contributed by atoms with Gasteiger partial charge < -0.3 is 0 Å². The molecule has 2 aromatic carbocycles. The summed E-state index contributed by atoms with van der Waals surface area (Å²) in [6.07, 6.45) is 0.643. The van der Waals surface area contributed by atoms with E-state index in [-0.39, 0.29) is 9.92 Å². The van der Waals surface area contributed by atoms with Crippen molar-refractivity contribution in [1.82, 2.24) is 0 Å². The highest BCUT2D eigenvalue weighted by atomic mass is 79.9. The van der Waals surface area contributed by atoms with Gasteiger partial charge in [0.1, 0.15) is 11.2 Å². The average molecular weight is 375 g/mol. The van der Waals surface area contributed by atoms with Crippen molar-refractivity contribution in [2.75, 3.05) is 4.72 Å². The number of rotatable bonds is 4. The molecular formula is C13H9BrClNO3S. The molecule has 1 N–H and O–H groups in total. The summed E-state index contributed by atoms with van der Waals surface area (Å²) in [5.74, 6) is 0. The van der Waals surface area contributed by atoms with Crippen molar-refractivity contribution in [1.29, 1.82) is 0 Å². The van der Waals surface area contributed by atoms with Gasteiger partial charge in [0.25, 0.3) is 10.0 Å². The number of hydrogen-bond acceptors (Lipinski definition) is 3. The zero-order valence-electron chi connectivity index (χ0n) is 10.0. The first-order valence-corrected chi connectivity index (χ1v) is 8.11. The second-order valence-corrected chi connectivity index (χ2v) is 6.90. The van der Waals surface area contributed by atoms with Crippen molar-refractivity contribution in [3.63, 3.8) is 0 Å². The minimum Gasteiger partial charge on any atom is -0.298 e. The lowest BCUT2D eigenvalue weighted by Crippen LogP contribution is -2.13. The summed E-state index contributed by atoms with van der Waals surface area (Å²) in [5, 5.41) is 0.110. The van der Waals surface area contributed by atoms with Crippen molar-refractivity contribution in [3.05, 3.63) is 57.5 Å². The third kappa shape index (κ3) is 3.39. The fraction of sp³-hybridized carbons (Fsp3) is 0. The van der Waals surface area contributed by atoms with Crippen LogP contribution in [0.5, 0.6) is 0 Å². The number of hydrogen-bond donors (Lipinski definition) is 1. The Labute approximate surface area is 129 Å². The third-order valence-corrected chi connectivity index (χ3v) is 4.82. The lowest BCUT2D eigenvalue weighted by molar-refractivity contribution is 0.112. The van der Waals surface area contributed by atoms with Crippen LogP contribution in [0.3, 0.4) is 0 Å². The van der Waals surface area contributed by atoms with Crippen LogP contribution in [0.4, 0.5) is 5.69 Å². The van der Waals surface area contributed by atoms with Crippen LogP contribution >= 0.6 is 27.5 Å². The molecule has 0 fully saturated rings. The molecule has 0 aliphatic carbocycles. The van der Waals surface area contributed by atoms with Crippen LogP contribution in [0, 0.1) is 0 Å². The number of sulfonamides is 1. The number of carbonyl (C=O) groups is 1. The molecule has 20 heavy (non-hydrogen) atoms. The molecule has 2 rings (SSSR count). The summed E-state index contributed by atoms with van der Waals surface area (Å²) in [4.78, 5) is 10.7. The molecule has 0 atom stereocenters. The number of benzene rings is 2. The molecule has 0 aromatic heterocycles. The average Bonchev–Trinajstić information content (AvgIpc) is 2.37. The molecule has 0 amide bonds.